The molecule has 0 bridgehead atoms. The Morgan fingerprint density at radius 1 is 1.04 bits per heavy atom. The molecule has 144 valence electrons. The van der Waals surface area contributed by atoms with E-state index < -0.39 is 0 Å². The summed E-state index contributed by atoms with van der Waals surface area (Å²) >= 11 is 0. The highest BCUT2D eigenvalue weighted by molar-refractivity contribution is 5.92. The summed E-state index contributed by atoms with van der Waals surface area (Å²) in [4.78, 5) is 21.1. The van der Waals surface area contributed by atoms with Crippen LogP contribution in [0.2, 0.25) is 0 Å². The van der Waals surface area contributed by atoms with Crippen LogP contribution in [0.1, 0.15) is 33.0 Å². The van der Waals surface area contributed by atoms with Crippen LogP contribution in [0.3, 0.4) is 0 Å². The number of aryl methyl sites for hydroxylation is 2. The molecule has 28 heavy (non-hydrogen) atoms. The van der Waals surface area contributed by atoms with E-state index in [2.05, 4.69) is 20.6 Å². The highest BCUT2D eigenvalue weighted by Crippen LogP contribution is 2.10. The van der Waals surface area contributed by atoms with Gasteiger partial charge in [0, 0.05) is 19.2 Å². The van der Waals surface area contributed by atoms with Crippen molar-refractivity contribution in [3.8, 4) is 0 Å². The van der Waals surface area contributed by atoms with Gasteiger partial charge in [-0.05, 0) is 49.1 Å². The second-order valence-electron chi connectivity index (χ2n) is 6.60. The van der Waals surface area contributed by atoms with E-state index in [-0.39, 0.29) is 11.7 Å². The Hall–Kier alpha value is -3.28. The molecule has 5 nitrogen and oxygen atoms in total. The number of hydrogen-bond donors (Lipinski definition) is 2. The van der Waals surface area contributed by atoms with Crippen LogP contribution in [-0.4, -0.2) is 22.4 Å². The molecular weight excluding hydrogens is 355 g/mol. The highest BCUT2D eigenvalue weighted by atomic mass is 19.1. The monoisotopic (exact) mass is 378 g/mol. The molecular formula is C22H23FN4O. The van der Waals surface area contributed by atoms with E-state index in [0.717, 1.165) is 23.1 Å². The second-order valence-corrected chi connectivity index (χ2v) is 6.60. The third-order valence-corrected chi connectivity index (χ3v) is 4.40. The van der Waals surface area contributed by atoms with E-state index >= 15 is 0 Å². The van der Waals surface area contributed by atoms with Crippen molar-refractivity contribution in [3.05, 3.63) is 88.6 Å². The average Bonchev–Trinajstić information content (AvgIpc) is 2.68. The Morgan fingerprint density at radius 3 is 2.54 bits per heavy atom. The molecule has 1 amide bonds. The van der Waals surface area contributed by atoms with Gasteiger partial charge >= 0.3 is 0 Å². The first kappa shape index (κ1) is 19.5. The highest BCUT2D eigenvalue weighted by Gasteiger charge is 2.11. The van der Waals surface area contributed by atoms with Gasteiger partial charge in [0.1, 0.15) is 23.2 Å². The minimum atomic E-state index is -0.246. The number of halogens is 1. The molecule has 0 spiro atoms. The van der Waals surface area contributed by atoms with Crippen LogP contribution >= 0.6 is 0 Å². The largest absolute Gasteiger partial charge is 0.370 e. The van der Waals surface area contributed by atoms with E-state index in [4.69, 9.17) is 0 Å². The number of carbonyl (C=O) groups is 1. The number of nitrogens with zero attached hydrogens (tertiary/aromatic N) is 2. The molecule has 1 heterocycles. The standard InChI is InChI=1S/C22H23FN4O/c1-15-5-3-4-6-18(15)14-25-22(28)20-13-21(27-16(2)26-20)24-12-11-17-7-9-19(23)10-8-17/h3-10,13H,11-12,14H2,1-2H3,(H,25,28)(H,24,26,27). The topological polar surface area (TPSA) is 66.9 Å². The molecule has 3 aromatic rings. The summed E-state index contributed by atoms with van der Waals surface area (Å²) in [5.41, 5.74) is 3.55. The minimum absolute atomic E-state index is 0.240. The summed E-state index contributed by atoms with van der Waals surface area (Å²) in [7, 11) is 0. The van der Waals surface area contributed by atoms with Gasteiger partial charge in [-0.3, -0.25) is 4.79 Å². The van der Waals surface area contributed by atoms with E-state index in [1.807, 2.05) is 31.2 Å². The summed E-state index contributed by atoms with van der Waals surface area (Å²) in [6.45, 7) is 4.83. The third-order valence-electron chi connectivity index (χ3n) is 4.40. The van der Waals surface area contributed by atoms with Crippen molar-refractivity contribution >= 4 is 11.7 Å². The molecule has 0 saturated heterocycles. The molecule has 0 saturated carbocycles. The fourth-order valence-corrected chi connectivity index (χ4v) is 2.84. The molecule has 2 N–H and O–H groups in total. The Bertz CT molecular complexity index is 957. The van der Waals surface area contributed by atoms with E-state index in [1.54, 1.807) is 25.1 Å². The molecule has 6 heteroatoms. The molecule has 0 aliphatic heterocycles. The first-order chi connectivity index (χ1) is 13.5. The van der Waals surface area contributed by atoms with Crippen molar-refractivity contribution in [2.45, 2.75) is 26.8 Å². The fraction of sp³-hybridized carbons (Fsp3) is 0.227. The molecule has 0 radical (unpaired) electrons. The number of benzene rings is 2. The van der Waals surface area contributed by atoms with Crippen molar-refractivity contribution < 1.29 is 9.18 Å². The first-order valence-electron chi connectivity index (χ1n) is 9.18. The number of nitrogens with one attached hydrogen (secondary N) is 2. The van der Waals surface area contributed by atoms with E-state index in [1.165, 1.54) is 12.1 Å². The molecule has 0 atom stereocenters. The molecule has 3 rings (SSSR count). The number of rotatable bonds is 7. The van der Waals surface area contributed by atoms with Gasteiger partial charge in [0.05, 0.1) is 0 Å². The number of anilines is 1. The quantitative estimate of drug-likeness (QED) is 0.656. The molecule has 1 aromatic heterocycles. The summed E-state index contributed by atoms with van der Waals surface area (Å²) in [5, 5.41) is 6.11. The smallest absolute Gasteiger partial charge is 0.270 e. The van der Waals surface area contributed by atoms with Gasteiger partial charge in [-0.1, -0.05) is 36.4 Å². The molecule has 0 aliphatic rings. The Balaban J connectivity index is 1.59. The van der Waals surface area contributed by atoms with Crippen LogP contribution in [0.4, 0.5) is 10.2 Å². The SMILES string of the molecule is Cc1nc(NCCc2ccc(F)cc2)cc(C(=O)NCc2ccccc2C)n1. The Labute approximate surface area is 164 Å². The van der Waals surface area contributed by atoms with E-state index in [0.29, 0.717) is 30.4 Å². The lowest BCUT2D eigenvalue weighted by molar-refractivity contribution is 0.0945. The van der Waals surface area contributed by atoms with Gasteiger partial charge in [0.25, 0.3) is 5.91 Å². The van der Waals surface area contributed by atoms with Crippen molar-refractivity contribution in [1.29, 1.82) is 0 Å². The Kier molecular flexibility index (Phi) is 6.32. The van der Waals surface area contributed by atoms with Crippen molar-refractivity contribution in [2.75, 3.05) is 11.9 Å². The van der Waals surface area contributed by atoms with Gasteiger partial charge in [0.2, 0.25) is 0 Å². The lowest BCUT2D eigenvalue weighted by atomic mass is 10.1. The number of carbonyl (C=O) groups excluding carboxylic acids is 1. The summed E-state index contributed by atoms with van der Waals surface area (Å²) in [5.74, 6) is 0.628. The lowest BCUT2D eigenvalue weighted by Gasteiger charge is -2.10. The predicted molar refractivity (Wildman–Crippen MR) is 108 cm³/mol. The minimum Gasteiger partial charge on any atom is -0.370 e. The number of amides is 1. The second kappa shape index (κ2) is 9.08. The van der Waals surface area contributed by atoms with Crippen LogP contribution in [-0.2, 0) is 13.0 Å². The normalized spacial score (nSPS) is 10.5. The maximum absolute atomic E-state index is 13.0. The fourth-order valence-electron chi connectivity index (χ4n) is 2.84. The molecule has 2 aromatic carbocycles. The molecule has 0 fully saturated rings. The molecule has 0 aliphatic carbocycles. The van der Waals surface area contributed by atoms with Crippen LogP contribution in [0.15, 0.2) is 54.6 Å². The van der Waals surface area contributed by atoms with Crippen LogP contribution in [0, 0.1) is 19.7 Å². The van der Waals surface area contributed by atoms with Crippen LogP contribution < -0.4 is 10.6 Å². The van der Waals surface area contributed by atoms with Crippen LogP contribution in [0.5, 0.6) is 0 Å². The number of hydrogen-bond acceptors (Lipinski definition) is 4. The Morgan fingerprint density at radius 2 is 1.79 bits per heavy atom. The van der Waals surface area contributed by atoms with Crippen molar-refractivity contribution in [3.63, 3.8) is 0 Å². The average molecular weight is 378 g/mol. The zero-order chi connectivity index (χ0) is 19.9. The van der Waals surface area contributed by atoms with Gasteiger partial charge < -0.3 is 10.6 Å². The van der Waals surface area contributed by atoms with Gasteiger partial charge in [0.15, 0.2) is 0 Å². The van der Waals surface area contributed by atoms with Gasteiger partial charge in [-0.15, -0.1) is 0 Å². The van der Waals surface area contributed by atoms with E-state index in [9.17, 15) is 9.18 Å². The zero-order valence-corrected chi connectivity index (χ0v) is 16.0. The first-order valence-corrected chi connectivity index (χ1v) is 9.18. The summed E-state index contributed by atoms with van der Waals surface area (Å²) in [6.07, 6.45) is 0.720. The van der Waals surface area contributed by atoms with Crippen molar-refractivity contribution in [1.82, 2.24) is 15.3 Å². The maximum Gasteiger partial charge on any atom is 0.270 e. The summed E-state index contributed by atoms with van der Waals surface area (Å²) in [6, 6.07) is 16.0. The summed E-state index contributed by atoms with van der Waals surface area (Å²) < 4.78 is 13.0. The zero-order valence-electron chi connectivity index (χ0n) is 16.0. The lowest BCUT2D eigenvalue weighted by Crippen LogP contribution is -2.25. The van der Waals surface area contributed by atoms with Crippen LogP contribution in [0.25, 0.3) is 0 Å². The van der Waals surface area contributed by atoms with Gasteiger partial charge in [-0.2, -0.15) is 0 Å². The predicted octanol–water partition coefficient (Wildman–Crippen LogP) is 3.82. The third kappa shape index (κ3) is 5.36. The molecule has 0 unspecified atom stereocenters. The van der Waals surface area contributed by atoms with Gasteiger partial charge in [-0.25, -0.2) is 14.4 Å². The number of aromatic nitrogens is 2. The maximum atomic E-state index is 13.0. The van der Waals surface area contributed by atoms with Crippen molar-refractivity contribution in [2.24, 2.45) is 0 Å².